The normalized spacial score (nSPS) is 20.1. The average molecular weight is 219 g/mol. The maximum absolute atomic E-state index is 12.5. The Balaban J connectivity index is 2.66. The molecule has 0 spiro atoms. The van der Waals surface area contributed by atoms with Crippen LogP contribution >= 0.6 is 0 Å². The molecular weight excluding hydrogens is 211 g/mol. The van der Waals surface area contributed by atoms with Crippen molar-refractivity contribution in [3.8, 4) is 0 Å². The Kier molecular flexibility index (Phi) is 1.81. The zero-order chi connectivity index (χ0) is 6.91. The molecule has 0 heterocycles. The van der Waals surface area contributed by atoms with Crippen LogP contribution < -0.4 is 0 Å². The number of halogens is 2. The molecule has 0 nitrogen and oxygen atoms in total. The third kappa shape index (κ3) is 1.69. The van der Waals surface area contributed by atoms with Gasteiger partial charge in [0.25, 0.3) is 0 Å². The van der Waals surface area contributed by atoms with Crippen LogP contribution in [0.25, 0.3) is 0 Å². The SMILES string of the molecule is [CH3][Ru]([F])([F])[C]1=CC=CC1. The van der Waals surface area contributed by atoms with Gasteiger partial charge in [-0.15, -0.1) is 0 Å². The summed E-state index contributed by atoms with van der Waals surface area (Å²) in [5.74, 6) is 0. The van der Waals surface area contributed by atoms with E-state index in [1.54, 1.807) is 18.2 Å². The summed E-state index contributed by atoms with van der Waals surface area (Å²) in [6, 6.07) is 0. The molecule has 0 N–H and O–H groups in total. The second-order valence-electron chi connectivity index (χ2n) is 1.86. The average Bonchev–Trinajstić information content (AvgIpc) is 2.08. The Hall–Kier alpha value is -0.0366. The van der Waals surface area contributed by atoms with Crippen LogP contribution in [0.3, 0.4) is 0 Å². The molecule has 9 heavy (non-hydrogen) atoms. The first-order valence-electron chi connectivity index (χ1n) is 2.51. The first-order valence-corrected chi connectivity index (χ1v) is 6.44. The molecule has 54 valence electrons. The van der Waals surface area contributed by atoms with E-state index >= 15 is 0 Å². The minimum absolute atomic E-state index is 0.381. The molecule has 0 fully saturated rings. The van der Waals surface area contributed by atoms with Gasteiger partial charge in [-0.1, -0.05) is 0 Å². The first kappa shape index (κ1) is 7.07. The summed E-state index contributed by atoms with van der Waals surface area (Å²) >= 11 is -4.22. The predicted octanol–water partition coefficient (Wildman–Crippen LogP) is 2.80. The third-order valence-electron chi connectivity index (χ3n) is 1.12. The zero-order valence-electron chi connectivity index (χ0n) is 5.05. The fourth-order valence-electron chi connectivity index (χ4n) is 0.646. The van der Waals surface area contributed by atoms with E-state index in [1.165, 1.54) is 0 Å². The second-order valence-corrected chi connectivity index (χ2v) is 6.06. The number of allylic oxidation sites excluding steroid dienone is 4. The van der Waals surface area contributed by atoms with Crippen LogP contribution in [0.4, 0.5) is 6.63 Å². The summed E-state index contributed by atoms with van der Waals surface area (Å²) in [4.78, 5) is 0. The van der Waals surface area contributed by atoms with Gasteiger partial charge in [0, 0.05) is 0 Å². The van der Waals surface area contributed by atoms with Gasteiger partial charge >= 0.3 is 56.7 Å². The van der Waals surface area contributed by atoms with Crippen molar-refractivity contribution in [2.24, 2.45) is 0 Å². The molecule has 0 aromatic rings. The third-order valence-corrected chi connectivity index (χ3v) is 3.72. The summed E-state index contributed by atoms with van der Waals surface area (Å²) in [7, 11) is 0. The van der Waals surface area contributed by atoms with Crippen LogP contribution in [0.15, 0.2) is 22.4 Å². The van der Waals surface area contributed by atoms with Crippen LogP contribution in [-0.4, -0.2) is 0 Å². The van der Waals surface area contributed by atoms with Crippen LogP contribution in [0, 0.1) is 0 Å². The second kappa shape index (κ2) is 2.30. The van der Waals surface area contributed by atoms with Crippen LogP contribution in [0.2, 0.25) is 5.52 Å². The van der Waals surface area contributed by atoms with E-state index in [0.29, 0.717) is 10.6 Å². The molecule has 0 radical (unpaired) electrons. The van der Waals surface area contributed by atoms with Crippen molar-refractivity contribution in [1.29, 1.82) is 0 Å². The van der Waals surface area contributed by atoms with E-state index in [0.717, 1.165) is 5.52 Å². The predicted molar refractivity (Wildman–Crippen MR) is 29.9 cm³/mol. The van der Waals surface area contributed by atoms with Crippen molar-refractivity contribution in [2.45, 2.75) is 11.9 Å². The van der Waals surface area contributed by atoms with Crippen LogP contribution in [0.1, 0.15) is 6.42 Å². The van der Waals surface area contributed by atoms with Gasteiger partial charge in [0.05, 0.1) is 0 Å². The van der Waals surface area contributed by atoms with Gasteiger partial charge < -0.3 is 0 Å². The molecule has 0 saturated carbocycles. The van der Waals surface area contributed by atoms with Gasteiger partial charge in [-0.3, -0.25) is 0 Å². The Bertz CT molecular complexity index is 164. The molecular formula is C6H8F2Ru. The van der Waals surface area contributed by atoms with Crippen molar-refractivity contribution < 1.29 is 22.4 Å². The molecule has 0 unspecified atom stereocenters. The summed E-state index contributed by atoms with van der Waals surface area (Å²) in [6.45, 7) is 0. The zero-order valence-corrected chi connectivity index (χ0v) is 6.79. The van der Waals surface area contributed by atoms with Gasteiger partial charge in [-0.2, -0.15) is 0 Å². The number of rotatable bonds is 1. The van der Waals surface area contributed by atoms with Crippen molar-refractivity contribution in [1.82, 2.24) is 0 Å². The molecule has 0 amide bonds. The van der Waals surface area contributed by atoms with E-state index < -0.39 is 15.8 Å². The van der Waals surface area contributed by atoms with E-state index in [9.17, 15) is 6.63 Å². The van der Waals surface area contributed by atoms with Crippen LogP contribution in [0.5, 0.6) is 0 Å². The van der Waals surface area contributed by atoms with Crippen molar-refractivity contribution in [3.63, 3.8) is 0 Å². The summed E-state index contributed by atoms with van der Waals surface area (Å²) in [6.07, 6.45) is 5.50. The fourth-order valence-corrected chi connectivity index (χ4v) is 2.15. The molecule has 0 atom stereocenters. The molecule has 1 rings (SSSR count). The van der Waals surface area contributed by atoms with E-state index in [-0.39, 0.29) is 0 Å². The maximum atomic E-state index is 12.5. The van der Waals surface area contributed by atoms with Crippen molar-refractivity contribution >= 4 is 0 Å². The first-order chi connectivity index (χ1) is 4.11. The molecule has 0 aromatic heterocycles. The van der Waals surface area contributed by atoms with E-state index in [2.05, 4.69) is 0 Å². The molecule has 0 aromatic carbocycles. The Morgan fingerprint density at radius 1 is 1.56 bits per heavy atom. The molecule has 3 heteroatoms. The molecule has 0 aliphatic heterocycles. The Morgan fingerprint density at radius 2 is 2.22 bits per heavy atom. The van der Waals surface area contributed by atoms with Crippen LogP contribution in [-0.2, 0) is 15.8 Å². The summed E-state index contributed by atoms with van der Waals surface area (Å²) in [5.41, 5.74) is 1.09. The molecule has 1 aliphatic rings. The molecule has 0 saturated heterocycles. The van der Waals surface area contributed by atoms with Crippen molar-refractivity contribution in [2.75, 3.05) is 0 Å². The Labute approximate surface area is 57.2 Å². The van der Waals surface area contributed by atoms with Gasteiger partial charge in [-0.05, 0) is 0 Å². The van der Waals surface area contributed by atoms with Gasteiger partial charge in [0.2, 0.25) is 0 Å². The quantitative estimate of drug-likeness (QED) is 0.595. The Morgan fingerprint density at radius 3 is 2.44 bits per heavy atom. The topological polar surface area (TPSA) is 0 Å². The van der Waals surface area contributed by atoms with E-state index in [1.807, 2.05) is 0 Å². The summed E-state index contributed by atoms with van der Waals surface area (Å²) in [5, 5.41) is 0. The number of hydrogen-bond donors (Lipinski definition) is 0. The standard InChI is InChI=1S/C5H5.CH3.2FH.Ru/c1-2-4-5-3-1;;;;/h1-3H,4H2;1H3;2*1H;/q;;;;+2/p-2. The minimum atomic E-state index is -4.22. The monoisotopic (exact) mass is 220 g/mol. The van der Waals surface area contributed by atoms with Gasteiger partial charge in [0.15, 0.2) is 0 Å². The molecule has 1 aliphatic carbocycles. The van der Waals surface area contributed by atoms with Gasteiger partial charge in [-0.25, -0.2) is 0 Å². The number of hydrogen-bond acceptors (Lipinski definition) is 0. The van der Waals surface area contributed by atoms with Crippen molar-refractivity contribution in [3.05, 3.63) is 22.4 Å². The summed E-state index contributed by atoms with van der Waals surface area (Å²) < 4.78 is 25.4. The van der Waals surface area contributed by atoms with E-state index in [4.69, 9.17) is 0 Å². The van der Waals surface area contributed by atoms with Gasteiger partial charge in [0.1, 0.15) is 0 Å². The fraction of sp³-hybridized carbons (Fsp3) is 0.333. The molecule has 0 bridgehead atoms.